The van der Waals surface area contributed by atoms with Crippen molar-refractivity contribution < 1.29 is 43.3 Å². The van der Waals surface area contributed by atoms with Crippen molar-refractivity contribution in [2.24, 2.45) is 0 Å². The fourth-order valence-electron chi connectivity index (χ4n) is 6.21. The number of aromatic carboxylic acids is 1. The molecule has 0 radical (unpaired) electrons. The van der Waals surface area contributed by atoms with E-state index in [9.17, 15) is 29.1 Å². The number of carboxylic acid groups (broad SMARTS) is 1. The van der Waals surface area contributed by atoms with Crippen LogP contribution in [0.15, 0.2) is 18.2 Å². The lowest BCUT2D eigenvalue weighted by Gasteiger charge is -2.34. The molecule has 1 heterocycles. The van der Waals surface area contributed by atoms with Crippen LogP contribution in [0.3, 0.4) is 0 Å². The van der Waals surface area contributed by atoms with Gasteiger partial charge in [0.25, 0.3) is 0 Å². The number of nitrogens with one attached hydrogen (secondary N) is 1. The molecule has 1 aliphatic heterocycles. The fraction of sp³-hybridized carbons (Fsp3) is 0.711. The van der Waals surface area contributed by atoms with Crippen LogP contribution in [0.1, 0.15) is 83.8 Å². The van der Waals surface area contributed by atoms with Crippen molar-refractivity contribution in [1.82, 2.24) is 24.9 Å². The number of hydrogen-bond acceptors (Lipinski definition) is 12. The molecule has 1 aliphatic carbocycles. The van der Waals surface area contributed by atoms with Crippen LogP contribution in [-0.2, 0) is 46.2 Å². The number of carbonyl (C=O) groups excluding carboxylic acids is 4. The third-order valence-corrected chi connectivity index (χ3v) is 8.37. The maximum Gasteiger partial charge on any atom is 0.335 e. The number of amides is 1. The summed E-state index contributed by atoms with van der Waals surface area (Å²) < 4.78 is 16.9. The third kappa shape index (κ3) is 16.4. The molecule has 0 spiro atoms. The molecule has 0 aromatic heterocycles. The second-order valence-electron chi connectivity index (χ2n) is 16.8. The van der Waals surface area contributed by atoms with Gasteiger partial charge in [0, 0.05) is 58.4 Å². The molecule has 1 amide bonds. The predicted molar refractivity (Wildman–Crippen MR) is 196 cm³/mol. The van der Waals surface area contributed by atoms with E-state index in [4.69, 9.17) is 14.2 Å². The minimum Gasteiger partial charge on any atom is -0.478 e. The topological polar surface area (TPSA) is 158 Å². The van der Waals surface area contributed by atoms with Crippen molar-refractivity contribution >= 4 is 29.8 Å². The van der Waals surface area contributed by atoms with E-state index in [1.54, 1.807) is 12.1 Å². The minimum absolute atomic E-state index is 0.0427. The number of esters is 3. The van der Waals surface area contributed by atoms with Gasteiger partial charge in [-0.1, -0.05) is 6.07 Å². The summed E-state index contributed by atoms with van der Waals surface area (Å²) in [5.41, 5.74) is 0.235. The molecule has 1 atom stereocenters. The van der Waals surface area contributed by atoms with Gasteiger partial charge in [0.05, 0.1) is 31.7 Å². The molecule has 14 nitrogen and oxygen atoms in total. The first-order valence-electron chi connectivity index (χ1n) is 18.2. The van der Waals surface area contributed by atoms with Crippen molar-refractivity contribution in [1.29, 1.82) is 0 Å². The quantitative estimate of drug-likeness (QED) is 0.267. The van der Waals surface area contributed by atoms with Gasteiger partial charge in [-0.3, -0.25) is 38.8 Å². The Morgan fingerprint density at radius 1 is 0.596 bits per heavy atom. The van der Waals surface area contributed by atoms with Crippen molar-refractivity contribution in [2.75, 3.05) is 78.5 Å². The molecule has 3 rings (SSSR count). The maximum atomic E-state index is 13.5. The van der Waals surface area contributed by atoms with Gasteiger partial charge in [-0.05, 0) is 98.4 Å². The van der Waals surface area contributed by atoms with Crippen LogP contribution in [0.5, 0.6) is 0 Å². The molecule has 14 heteroatoms. The summed E-state index contributed by atoms with van der Waals surface area (Å²) >= 11 is 0. The summed E-state index contributed by atoms with van der Waals surface area (Å²) in [5.74, 6) is -2.23. The Bertz CT molecular complexity index is 1370. The summed E-state index contributed by atoms with van der Waals surface area (Å²) in [5, 5.41) is 12.5. The lowest BCUT2D eigenvalue weighted by atomic mass is 10.1. The number of carbonyl (C=O) groups is 5. The van der Waals surface area contributed by atoms with E-state index in [-0.39, 0.29) is 61.6 Å². The number of benzene rings is 1. The molecular weight excluding hydrogens is 670 g/mol. The van der Waals surface area contributed by atoms with Crippen LogP contribution in [0.2, 0.25) is 0 Å². The maximum absolute atomic E-state index is 13.5. The number of rotatable bonds is 10. The molecule has 1 aromatic rings. The third-order valence-electron chi connectivity index (χ3n) is 8.37. The van der Waals surface area contributed by atoms with Crippen molar-refractivity contribution in [2.45, 2.75) is 98.0 Å². The SMILES string of the molecule is CC(C)(C)OC(=O)CN1CCN(CC(=O)NC2Cc3ccc(C(=O)O)cc3C2)CCN(CC(=O)OC(C)(C)C)CCN(CC(=O)OC(C)(C)C)CC1. The van der Waals surface area contributed by atoms with Crippen LogP contribution in [0.25, 0.3) is 0 Å². The van der Waals surface area contributed by atoms with Crippen LogP contribution in [0, 0.1) is 0 Å². The van der Waals surface area contributed by atoms with Gasteiger partial charge in [-0.15, -0.1) is 0 Å². The molecule has 0 bridgehead atoms. The van der Waals surface area contributed by atoms with Crippen LogP contribution < -0.4 is 5.32 Å². The highest BCUT2D eigenvalue weighted by Gasteiger charge is 2.28. The Labute approximate surface area is 309 Å². The van der Waals surface area contributed by atoms with Crippen LogP contribution >= 0.6 is 0 Å². The zero-order valence-electron chi connectivity index (χ0n) is 32.7. The summed E-state index contributed by atoms with van der Waals surface area (Å²) in [7, 11) is 0. The molecule has 1 saturated heterocycles. The number of nitrogens with zero attached hydrogens (tertiary/aromatic N) is 4. The second kappa shape index (κ2) is 18.4. The van der Waals surface area contributed by atoms with Gasteiger partial charge >= 0.3 is 23.9 Å². The summed E-state index contributed by atoms with van der Waals surface area (Å²) in [6, 6.07) is 4.93. The number of carboxylic acids is 1. The molecule has 52 heavy (non-hydrogen) atoms. The average Bonchev–Trinajstić information content (AvgIpc) is 3.36. The largest absolute Gasteiger partial charge is 0.478 e. The number of fused-ring (bicyclic) bond motifs is 1. The lowest BCUT2D eigenvalue weighted by Crippen LogP contribution is -2.51. The highest BCUT2D eigenvalue weighted by Crippen LogP contribution is 2.23. The number of hydrogen-bond donors (Lipinski definition) is 2. The fourth-order valence-corrected chi connectivity index (χ4v) is 6.21. The van der Waals surface area contributed by atoms with E-state index in [1.807, 2.05) is 88.0 Å². The Morgan fingerprint density at radius 2 is 0.942 bits per heavy atom. The van der Waals surface area contributed by atoms with Gasteiger partial charge < -0.3 is 24.6 Å². The Hall–Kier alpha value is -3.59. The van der Waals surface area contributed by atoms with Gasteiger partial charge in [0.2, 0.25) is 5.91 Å². The highest BCUT2D eigenvalue weighted by atomic mass is 16.6. The van der Waals surface area contributed by atoms with Crippen molar-refractivity contribution in [3.63, 3.8) is 0 Å². The molecule has 1 unspecified atom stereocenters. The first-order valence-corrected chi connectivity index (χ1v) is 18.2. The number of ether oxygens (including phenoxy) is 3. The Morgan fingerprint density at radius 3 is 1.29 bits per heavy atom. The zero-order valence-corrected chi connectivity index (χ0v) is 32.7. The summed E-state index contributed by atoms with van der Waals surface area (Å²) in [6.45, 7) is 20.2. The lowest BCUT2D eigenvalue weighted by molar-refractivity contribution is -0.158. The second-order valence-corrected chi connectivity index (χ2v) is 16.8. The van der Waals surface area contributed by atoms with E-state index < -0.39 is 22.8 Å². The summed E-state index contributed by atoms with van der Waals surface area (Å²) in [4.78, 5) is 71.7. The monoisotopic (exact) mass is 731 g/mol. The average molecular weight is 732 g/mol. The molecule has 2 N–H and O–H groups in total. The zero-order chi connectivity index (χ0) is 38.9. The van der Waals surface area contributed by atoms with E-state index in [2.05, 4.69) is 5.32 Å². The van der Waals surface area contributed by atoms with Crippen molar-refractivity contribution in [3.05, 3.63) is 34.9 Å². The van der Waals surface area contributed by atoms with E-state index >= 15 is 0 Å². The van der Waals surface area contributed by atoms with Gasteiger partial charge in [-0.25, -0.2) is 4.79 Å². The standard InChI is InChI=1S/C38H61N5O9/c1-36(2,3)50-32(45)24-41-14-12-40(23-31(44)39-30-21-27-10-11-28(35(48)49)20-29(27)22-30)13-15-42(25-33(46)51-37(4,5)6)17-19-43(18-16-41)26-34(47)52-38(7,8)9/h10-11,20,30H,12-19,21-26H2,1-9H3,(H,39,44)(H,48,49). The molecule has 292 valence electrons. The Kier molecular flexibility index (Phi) is 15.2. The van der Waals surface area contributed by atoms with Gasteiger partial charge in [0.15, 0.2) is 0 Å². The molecule has 0 saturated carbocycles. The molecular formula is C38H61N5O9. The molecule has 1 fully saturated rings. The first kappa shape index (κ1) is 42.8. The Balaban J connectivity index is 1.78. The predicted octanol–water partition coefficient (Wildman–Crippen LogP) is 2.21. The van der Waals surface area contributed by atoms with E-state index in [1.165, 1.54) is 0 Å². The van der Waals surface area contributed by atoms with Crippen molar-refractivity contribution in [3.8, 4) is 0 Å². The highest BCUT2D eigenvalue weighted by molar-refractivity contribution is 5.88. The van der Waals surface area contributed by atoms with Crippen LogP contribution in [0.4, 0.5) is 0 Å². The van der Waals surface area contributed by atoms with Gasteiger partial charge in [-0.2, -0.15) is 0 Å². The molecule has 2 aliphatic rings. The molecule has 1 aromatic carbocycles. The van der Waals surface area contributed by atoms with E-state index in [0.717, 1.165) is 11.1 Å². The first-order chi connectivity index (χ1) is 24.0. The van der Waals surface area contributed by atoms with E-state index in [0.29, 0.717) is 65.2 Å². The smallest absolute Gasteiger partial charge is 0.335 e. The van der Waals surface area contributed by atoms with Crippen LogP contribution in [-0.4, -0.2) is 156 Å². The normalized spacial score (nSPS) is 19.1. The summed E-state index contributed by atoms with van der Waals surface area (Å²) in [6.07, 6.45) is 1.17. The minimum atomic E-state index is -0.984. The van der Waals surface area contributed by atoms with Gasteiger partial charge in [0.1, 0.15) is 16.8 Å².